The zero-order valence-corrected chi connectivity index (χ0v) is 24.8. The minimum absolute atomic E-state index is 0.0108. The first-order chi connectivity index (χ1) is 18.3. The van der Waals surface area contributed by atoms with E-state index in [-0.39, 0.29) is 5.25 Å². The van der Waals surface area contributed by atoms with Crippen molar-refractivity contribution in [3.05, 3.63) is 58.7 Å². The van der Waals surface area contributed by atoms with Crippen LogP contribution >= 0.6 is 11.6 Å². The van der Waals surface area contributed by atoms with Gasteiger partial charge in [-0.25, -0.2) is 4.98 Å². The van der Waals surface area contributed by atoms with Crippen molar-refractivity contribution in [2.45, 2.75) is 68.9 Å². The average Bonchev–Trinajstić information content (AvgIpc) is 2.91. The highest BCUT2D eigenvalue weighted by Gasteiger charge is 2.20. The number of rotatable bonds is 8. The van der Waals surface area contributed by atoms with Gasteiger partial charge in [-0.1, -0.05) is 56.8 Å². The van der Waals surface area contributed by atoms with Gasteiger partial charge >= 0.3 is 0 Å². The highest BCUT2D eigenvalue weighted by atomic mass is 35.5. The molecule has 2 aromatic carbocycles. The van der Waals surface area contributed by atoms with Crippen LogP contribution in [0.3, 0.4) is 0 Å². The molecule has 0 amide bonds. The van der Waals surface area contributed by atoms with E-state index in [0.29, 0.717) is 33.3 Å². The Labute approximate surface area is 234 Å². The first-order valence-corrected chi connectivity index (χ1v) is 14.7. The second-order valence-electron chi connectivity index (χ2n) is 9.73. The number of para-hydroxylation sites is 1. The lowest BCUT2D eigenvalue weighted by Crippen LogP contribution is -2.09. The first-order valence-electron chi connectivity index (χ1n) is 13.1. The van der Waals surface area contributed by atoms with Crippen molar-refractivity contribution in [3.8, 4) is 5.75 Å². The standard InChI is InChI=1S/C27H33ClN4O2S.C2H7N/c1-17(2)35(33)25-13-9-8-12-22(25)30-26-21(28)16-29-27(32-26)31-23-14-18(3)20(15-24(23)34-4)19-10-6-5-7-11-19;1-3-2/h8-9,12-17,19H,5-7,10-11H2,1-4H3,(H2,29,30,31,32);3H,1-2H3. The molecule has 0 spiro atoms. The molecular weight excluding hydrogens is 518 g/mol. The topological polar surface area (TPSA) is 88.2 Å². The van der Waals surface area contributed by atoms with Crippen LogP contribution in [0.1, 0.15) is 63.0 Å². The Hall–Kier alpha value is -2.68. The van der Waals surface area contributed by atoms with Crippen molar-refractivity contribution in [2.75, 3.05) is 31.8 Å². The number of aryl methyl sites for hydroxylation is 1. The first kappa shape index (κ1) is 29.9. The summed E-state index contributed by atoms with van der Waals surface area (Å²) in [6, 6.07) is 11.8. The van der Waals surface area contributed by atoms with Gasteiger partial charge in [0.15, 0.2) is 5.82 Å². The minimum atomic E-state index is -1.16. The predicted octanol–water partition coefficient (Wildman–Crippen LogP) is 7.33. The fourth-order valence-electron chi connectivity index (χ4n) is 4.59. The van der Waals surface area contributed by atoms with E-state index in [2.05, 4.69) is 45.0 Å². The maximum atomic E-state index is 12.8. The van der Waals surface area contributed by atoms with Crippen molar-refractivity contribution < 1.29 is 8.95 Å². The van der Waals surface area contributed by atoms with Gasteiger partial charge in [0.2, 0.25) is 5.95 Å². The SMILES string of the molecule is CNC.COc1cc(C2CCCCC2)c(C)cc1Nc1ncc(Cl)c(Nc2ccccc2S(=O)C(C)C)n1. The molecule has 206 valence electrons. The van der Waals surface area contributed by atoms with Gasteiger partial charge in [0.1, 0.15) is 10.8 Å². The quantitative estimate of drug-likeness (QED) is 0.267. The van der Waals surface area contributed by atoms with Crippen molar-refractivity contribution in [1.29, 1.82) is 0 Å². The summed E-state index contributed by atoms with van der Waals surface area (Å²) in [5.74, 6) is 2.18. The van der Waals surface area contributed by atoms with Gasteiger partial charge in [-0.3, -0.25) is 4.21 Å². The summed E-state index contributed by atoms with van der Waals surface area (Å²) in [6.45, 7) is 6.01. The van der Waals surface area contributed by atoms with Crippen LogP contribution in [0.15, 0.2) is 47.5 Å². The van der Waals surface area contributed by atoms with Gasteiger partial charge < -0.3 is 20.7 Å². The zero-order valence-electron chi connectivity index (χ0n) is 23.2. The van der Waals surface area contributed by atoms with Crippen LogP contribution in [0.25, 0.3) is 0 Å². The van der Waals surface area contributed by atoms with Crippen LogP contribution in [0.4, 0.5) is 23.1 Å². The van der Waals surface area contributed by atoms with Crippen LogP contribution in [0.5, 0.6) is 5.75 Å². The molecule has 0 saturated heterocycles. The summed E-state index contributed by atoms with van der Waals surface area (Å²) in [7, 11) is 4.28. The third-order valence-corrected chi connectivity index (χ3v) is 8.33. The Balaban J connectivity index is 0.00000127. The summed E-state index contributed by atoms with van der Waals surface area (Å²) in [5, 5.41) is 9.66. The highest BCUT2D eigenvalue weighted by molar-refractivity contribution is 7.85. The minimum Gasteiger partial charge on any atom is -0.495 e. The second-order valence-corrected chi connectivity index (χ2v) is 12.1. The Morgan fingerprint density at radius 3 is 2.39 bits per heavy atom. The number of hydrogen-bond donors (Lipinski definition) is 3. The Morgan fingerprint density at radius 2 is 1.74 bits per heavy atom. The highest BCUT2D eigenvalue weighted by Crippen LogP contribution is 2.39. The van der Waals surface area contributed by atoms with Crippen LogP contribution in [0.2, 0.25) is 5.02 Å². The van der Waals surface area contributed by atoms with Crippen LogP contribution in [-0.4, -0.2) is 40.6 Å². The number of nitrogens with one attached hydrogen (secondary N) is 3. The monoisotopic (exact) mass is 557 g/mol. The number of ether oxygens (including phenoxy) is 1. The van der Waals surface area contributed by atoms with Crippen molar-refractivity contribution in [1.82, 2.24) is 15.3 Å². The molecule has 3 N–H and O–H groups in total. The van der Waals surface area contributed by atoms with E-state index in [1.165, 1.54) is 43.2 Å². The molecule has 1 unspecified atom stereocenters. The molecule has 1 aliphatic carbocycles. The van der Waals surface area contributed by atoms with E-state index in [4.69, 9.17) is 16.3 Å². The number of nitrogens with zero attached hydrogens (tertiary/aromatic N) is 2. The molecule has 0 bridgehead atoms. The molecule has 1 aliphatic rings. The van der Waals surface area contributed by atoms with Gasteiger partial charge in [-0.2, -0.15) is 4.98 Å². The lowest BCUT2D eigenvalue weighted by molar-refractivity contribution is 0.411. The smallest absolute Gasteiger partial charge is 0.229 e. The molecule has 1 atom stereocenters. The molecule has 4 rings (SSSR count). The summed E-state index contributed by atoms with van der Waals surface area (Å²) in [5.41, 5.74) is 4.11. The summed E-state index contributed by atoms with van der Waals surface area (Å²) >= 11 is 6.42. The maximum Gasteiger partial charge on any atom is 0.229 e. The molecular formula is C29H40ClN5O2S. The maximum absolute atomic E-state index is 12.8. The molecule has 9 heteroatoms. The summed E-state index contributed by atoms with van der Waals surface area (Å²) in [4.78, 5) is 9.69. The summed E-state index contributed by atoms with van der Waals surface area (Å²) < 4.78 is 18.5. The largest absolute Gasteiger partial charge is 0.495 e. The van der Waals surface area contributed by atoms with Crippen molar-refractivity contribution in [3.63, 3.8) is 0 Å². The van der Waals surface area contributed by atoms with E-state index in [9.17, 15) is 4.21 Å². The molecule has 0 radical (unpaired) electrons. The van der Waals surface area contributed by atoms with E-state index < -0.39 is 10.8 Å². The van der Waals surface area contributed by atoms with Crippen molar-refractivity contribution >= 4 is 45.5 Å². The lowest BCUT2D eigenvalue weighted by atomic mass is 9.82. The number of halogens is 1. The number of aromatic nitrogens is 2. The van der Waals surface area contributed by atoms with Gasteiger partial charge in [0, 0.05) is 5.25 Å². The third-order valence-electron chi connectivity index (χ3n) is 6.41. The Bertz CT molecular complexity index is 1230. The van der Waals surface area contributed by atoms with E-state index >= 15 is 0 Å². The van der Waals surface area contributed by atoms with E-state index in [1.54, 1.807) is 13.3 Å². The van der Waals surface area contributed by atoms with Gasteiger partial charge in [-0.05, 0) is 75.2 Å². The van der Waals surface area contributed by atoms with Crippen molar-refractivity contribution in [2.24, 2.45) is 0 Å². The Morgan fingerprint density at radius 1 is 1.05 bits per heavy atom. The van der Waals surface area contributed by atoms with Crippen LogP contribution < -0.4 is 20.7 Å². The van der Waals surface area contributed by atoms with Gasteiger partial charge in [-0.15, -0.1) is 0 Å². The van der Waals surface area contributed by atoms with Crippen LogP contribution in [-0.2, 0) is 10.8 Å². The Kier molecular flexibility index (Phi) is 11.4. The molecule has 1 heterocycles. The fourth-order valence-corrected chi connectivity index (χ4v) is 5.78. The van der Waals surface area contributed by atoms with Crippen LogP contribution in [0, 0.1) is 6.92 Å². The zero-order chi connectivity index (χ0) is 27.7. The second kappa shape index (κ2) is 14.5. The summed E-state index contributed by atoms with van der Waals surface area (Å²) in [6.07, 6.45) is 7.92. The number of methoxy groups -OCH3 is 1. The van der Waals surface area contributed by atoms with E-state index in [1.807, 2.05) is 52.2 Å². The lowest BCUT2D eigenvalue weighted by Gasteiger charge is -2.25. The fraction of sp³-hybridized carbons (Fsp3) is 0.448. The number of hydrogen-bond acceptors (Lipinski definition) is 7. The molecule has 1 saturated carbocycles. The van der Waals surface area contributed by atoms with Gasteiger partial charge in [0.25, 0.3) is 0 Å². The predicted molar refractivity (Wildman–Crippen MR) is 160 cm³/mol. The average molecular weight is 558 g/mol. The molecule has 7 nitrogen and oxygen atoms in total. The molecule has 0 aliphatic heterocycles. The number of anilines is 4. The van der Waals surface area contributed by atoms with Gasteiger partial charge in [0.05, 0.1) is 40.4 Å². The van der Waals surface area contributed by atoms with E-state index in [0.717, 1.165) is 11.4 Å². The molecule has 1 fully saturated rings. The molecule has 3 aromatic rings. The third kappa shape index (κ3) is 7.68. The number of benzene rings is 2. The normalized spacial score (nSPS) is 14.4. The molecule has 38 heavy (non-hydrogen) atoms. The molecule has 1 aromatic heterocycles.